The number of aromatic amines is 1. The summed E-state index contributed by atoms with van der Waals surface area (Å²) in [6.07, 6.45) is 0.411. The molecule has 2 aromatic heterocycles. The summed E-state index contributed by atoms with van der Waals surface area (Å²) in [6.45, 7) is 2.05. The first kappa shape index (κ1) is 21.8. The van der Waals surface area contributed by atoms with E-state index < -0.39 is 17.1 Å². The van der Waals surface area contributed by atoms with E-state index in [9.17, 15) is 14.7 Å². The van der Waals surface area contributed by atoms with E-state index in [1.54, 1.807) is 47.4 Å². The summed E-state index contributed by atoms with van der Waals surface area (Å²) in [5.41, 5.74) is 0.0974. The number of aliphatic imine (C=N–C) groups is 1. The van der Waals surface area contributed by atoms with Crippen LogP contribution in [0.4, 0.5) is 5.69 Å². The fourth-order valence-corrected chi connectivity index (χ4v) is 6.18. The Morgan fingerprint density at radius 3 is 2.58 bits per heavy atom. The molecule has 1 aliphatic heterocycles. The topological polar surface area (TPSA) is 87.5 Å². The maximum Gasteiger partial charge on any atom is 0.335 e. The van der Waals surface area contributed by atoms with Crippen LogP contribution in [0.5, 0.6) is 5.88 Å². The van der Waals surface area contributed by atoms with Crippen LogP contribution in [0.25, 0.3) is 5.69 Å². The van der Waals surface area contributed by atoms with Crippen LogP contribution in [0, 0.1) is 6.92 Å². The minimum atomic E-state index is -0.738. The number of aromatic nitrogens is 2. The van der Waals surface area contributed by atoms with E-state index in [1.165, 1.54) is 4.88 Å². The second-order valence-electron chi connectivity index (χ2n) is 7.55. The molecule has 0 fully saturated rings. The third-order valence-corrected chi connectivity index (χ3v) is 8.13. The smallest absolute Gasteiger partial charge is 0.335 e. The monoisotopic (exact) mass is 495 g/mol. The zero-order valence-electron chi connectivity index (χ0n) is 17.4. The molecule has 166 valence electrons. The lowest BCUT2D eigenvalue weighted by Gasteiger charge is -2.16. The van der Waals surface area contributed by atoms with Crippen LogP contribution in [-0.2, 0) is 0 Å². The molecule has 1 unspecified atom stereocenters. The molecule has 0 saturated heterocycles. The van der Waals surface area contributed by atoms with Crippen LogP contribution in [0.15, 0.2) is 80.1 Å². The van der Waals surface area contributed by atoms with Gasteiger partial charge in [-0.15, -0.1) is 23.1 Å². The molecule has 33 heavy (non-hydrogen) atoms. The normalized spacial score (nSPS) is 15.6. The molecule has 1 atom stereocenters. The minimum absolute atomic E-state index is 0.000750. The van der Waals surface area contributed by atoms with E-state index in [0.29, 0.717) is 22.8 Å². The number of para-hydroxylation sites is 1. The Kier molecular flexibility index (Phi) is 5.74. The van der Waals surface area contributed by atoms with Gasteiger partial charge in [-0.2, -0.15) is 0 Å². The lowest BCUT2D eigenvalue weighted by Crippen LogP contribution is -2.33. The van der Waals surface area contributed by atoms with Crippen molar-refractivity contribution in [2.75, 3.05) is 0 Å². The van der Waals surface area contributed by atoms with Crippen molar-refractivity contribution in [1.29, 1.82) is 0 Å². The third kappa shape index (κ3) is 4.17. The molecule has 9 heteroatoms. The molecule has 6 nitrogen and oxygen atoms in total. The van der Waals surface area contributed by atoms with Gasteiger partial charge in [0.15, 0.2) is 0 Å². The van der Waals surface area contributed by atoms with Gasteiger partial charge in [-0.1, -0.05) is 23.7 Å². The first-order chi connectivity index (χ1) is 15.9. The number of hydrogen-bond acceptors (Lipinski definition) is 6. The number of hydrogen-bond donors (Lipinski definition) is 2. The molecule has 0 spiro atoms. The number of aromatic hydroxyl groups is 1. The van der Waals surface area contributed by atoms with Gasteiger partial charge in [-0.05, 0) is 55.5 Å². The average molecular weight is 496 g/mol. The van der Waals surface area contributed by atoms with Gasteiger partial charge in [0.2, 0.25) is 5.88 Å². The SMILES string of the molecule is Cc1ccc(C2CC(c3c(O)n(-c4ccc(Cl)cc4)c(=O)[nH]c3=O)=Nc3ccccc3S2)s1. The highest BCUT2D eigenvalue weighted by molar-refractivity contribution is 7.99. The number of rotatable bonds is 3. The Morgan fingerprint density at radius 2 is 1.85 bits per heavy atom. The van der Waals surface area contributed by atoms with Crippen molar-refractivity contribution in [1.82, 2.24) is 9.55 Å². The molecule has 1 aliphatic rings. The summed E-state index contributed by atoms with van der Waals surface area (Å²) in [4.78, 5) is 36.0. The number of thioether (sulfide) groups is 1. The van der Waals surface area contributed by atoms with Gasteiger partial charge in [-0.3, -0.25) is 14.8 Å². The Morgan fingerprint density at radius 1 is 1.09 bits per heavy atom. The number of benzene rings is 2. The van der Waals surface area contributed by atoms with Crippen LogP contribution >= 0.6 is 34.7 Å². The maximum absolute atomic E-state index is 12.9. The van der Waals surface area contributed by atoms with Gasteiger partial charge >= 0.3 is 5.69 Å². The number of halogens is 1. The van der Waals surface area contributed by atoms with Gasteiger partial charge in [0.1, 0.15) is 5.56 Å². The zero-order valence-corrected chi connectivity index (χ0v) is 19.8. The third-order valence-electron chi connectivity index (χ3n) is 5.31. The summed E-state index contributed by atoms with van der Waals surface area (Å²) in [6, 6.07) is 18.3. The van der Waals surface area contributed by atoms with Crippen LogP contribution in [-0.4, -0.2) is 20.4 Å². The number of nitrogens with zero attached hydrogens (tertiary/aromatic N) is 2. The highest BCUT2D eigenvalue weighted by Crippen LogP contribution is 2.47. The lowest BCUT2D eigenvalue weighted by atomic mass is 10.1. The number of aryl methyl sites for hydroxylation is 1. The second kappa shape index (κ2) is 8.70. The van der Waals surface area contributed by atoms with Gasteiger partial charge < -0.3 is 5.11 Å². The fraction of sp³-hybridized carbons (Fsp3) is 0.125. The molecule has 0 saturated carbocycles. The van der Waals surface area contributed by atoms with Crippen LogP contribution in [0.3, 0.4) is 0 Å². The van der Waals surface area contributed by atoms with Crippen LogP contribution < -0.4 is 11.2 Å². The highest BCUT2D eigenvalue weighted by Gasteiger charge is 2.28. The quantitative estimate of drug-likeness (QED) is 0.386. The molecule has 2 aromatic carbocycles. The van der Waals surface area contributed by atoms with E-state index in [1.807, 2.05) is 24.3 Å². The molecule has 5 rings (SSSR count). The predicted molar refractivity (Wildman–Crippen MR) is 134 cm³/mol. The highest BCUT2D eigenvalue weighted by atomic mass is 35.5. The average Bonchev–Trinajstić information content (AvgIpc) is 3.12. The standard InChI is InChI=1S/C24H18ClN3O3S2/c1-13-6-11-19(32-13)20-12-17(26-16-4-2-3-5-18(16)33-20)21-22(29)27-24(31)28(23(21)30)15-9-7-14(25)8-10-15/h2-11,20,30H,12H2,1H3,(H,27,29,31). The van der Waals surface area contributed by atoms with E-state index in [0.717, 1.165) is 20.0 Å². The molecule has 3 heterocycles. The molecular formula is C24H18ClN3O3S2. The summed E-state index contributed by atoms with van der Waals surface area (Å²) >= 11 is 9.34. The number of H-pyrrole nitrogens is 1. The van der Waals surface area contributed by atoms with Crippen molar-refractivity contribution in [2.24, 2.45) is 4.99 Å². The Bertz CT molecular complexity index is 1500. The second-order valence-corrected chi connectivity index (χ2v) is 10.6. The Labute approximate surface area is 202 Å². The van der Waals surface area contributed by atoms with Gasteiger partial charge in [-0.25, -0.2) is 9.36 Å². The number of fused-ring (bicyclic) bond motifs is 1. The molecule has 0 aliphatic carbocycles. The van der Waals surface area contributed by atoms with Gasteiger partial charge in [0, 0.05) is 31.3 Å². The minimum Gasteiger partial charge on any atom is -0.493 e. The van der Waals surface area contributed by atoms with Crippen molar-refractivity contribution in [3.63, 3.8) is 0 Å². The zero-order chi connectivity index (χ0) is 23.1. The van der Waals surface area contributed by atoms with E-state index >= 15 is 0 Å². The van der Waals surface area contributed by atoms with Crippen molar-refractivity contribution < 1.29 is 5.11 Å². The van der Waals surface area contributed by atoms with Crippen LogP contribution in [0.2, 0.25) is 5.02 Å². The summed E-state index contributed by atoms with van der Waals surface area (Å²) in [5.74, 6) is -0.449. The molecular weight excluding hydrogens is 478 g/mol. The van der Waals surface area contributed by atoms with Crippen molar-refractivity contribution in [3.05, 3.63) is 102 Å². The Balaban J connectivity index is 1.71. The molecule has 0 bridgehead atoms. The fourth-order valence-electron chi connectivity index (χ4n) is 3.77. The lowest BCUT2D eigenvalue weighted by molar-refractivity contribution is 0.429. The van der Waals surface area contributed by atoms with Crippen molar-refractivity contribution >= 4 is 46.1 Å². The van der Waals surface area contributed by atoms with E-state index in [2.05, 4.69) is 24.0 Å². The van der Waals surface area contributed by atoms with Crippen LogP contribution in [0.1, 0.15) is 27.0 Å². The molecule has 2 N–H and O–H groups in total. The summed E-state index contributed by atoms with van der Waals surface area (Å²) in [5, 5.41) is 11.6. The largest absolute Gasteiger partial charge is 0.493 e. The predicted octanol–water partition coefficient (Wildman–Crippen LogP) is 5.61. The molecule has 0 radical (unpaired) electrons. The van der Waals surface area contributed by atoms with Crippen molar-refractivity contribution in [2.45, 2.75) is 23.5 Å². The first-order valence-electron chi connectivity index (χ1n) is 10.1. The number of thiophene rings is 1. The Hall–Kier alpha value is -3.07. The molecule has 0 amide bonds. The first-order valence-corrected chi connectivity index (χ1v) is 12.2. The van der Waals surface area contributed by atoms with E-state index in [4.69, 9.17) is 16.6 Å². The summed E-state index contributed by atoms with van der Waals surface area (Å²) < 4.78 is 1.06. The molecule has 4 aromatic rings. The van der Waals surface area contributed by atoms with Gasteiger partial charge in [0.25, 0.3) is 5.56 Å². The maximum atomic E-state index is 12.9. The van der Waals surface area contributed by atoms with E-state index in [-0.39, 0.29) is 10.8 Å². The van der Waals surface area contributed by atoms with Gasteiger partial charge in [0.05, 0.1) is 17.1 Å². The number of nitrogens with one attached hydrogen (secondary N) is 1. The summed E-state index contributed by atoms with van der Waals surface area (Å²) in [7, 11) is 0. The van der Waals surface area contributed by atoms with Crippen molar-refractivity contribution in [3.8, 4) is 11.6 Å².